The highest BCUT2D eigenvalue weighted by atomic mass is 16.5. The second-order valence-corrected chi connectivity index (χ2v) is 12.2. The minimum Gasteiger partial charge on any atom is -0.462 e. The fraction of sp³-hybridized carbons (Fsp3) is 0.857. The van der Waals surface area contributed by atoms with Crippen LogP contribution in [0.1, 0.15) is 91.4 Å². The number of carbonyl (C=O) groups excluding carboxylic acids is 2. The van der Waals surface area contributed by atoms with Gasteiger partial charge in [-0.3, -0.25) is 9.59 Å². The summed E-state index contributed by atoms with van der Waals surface area (Å²) in [6, 6.07) is 0. The summed E-state index contributed by atoms with van der Waals surface area (Å²) in [5.41, 5.74) is 1.61. The lowest BCUT2D eigenvalue weighted by Gasteiger charge is -2.60. The van der Waals surface area contributed by atoms with Gasteiger partial charge in [0.15, 0.2) is 5.78 Å². The van der Waals surface area contributed by atoms with Crippen molar-refractivity contribution in [3.63, 3.8) is 0 Å². The SMILES string of the molecule is CC(=O)C1=CC[C@H]2[C@@H]3CC[C@H]4C[C@@H](OC(=O)CCN5CCCC5)CC[C@]4(C)[C@H]3CC[C@]12C. The van der Waals surface area contributed by atoms with Crippen LogP contribution in [-0.4, -0.2) is 42.4 Å². The zero-order valence-corrected chi connectivity index (χ0v) is 20.5. The van der Waals surface area contributed by atoms with Gasteiger partial charge in [0.25, 0.3) is 0 Å². The van der Waals surface area contributed by atoms with E-state index in [-0.39, 0.29) is 17.5 Å². The molecule has 1 heterocycles. The van der Waals surface area contributed by atoms with Gasteiger partial charge in [-0.15, -0.1) is 0 Å². The molecule has 4 heteroatoms. The van der Waals surface area contributed by atoms with Crippen LogP contribution in [0, 0.1) is 34.5 Å². The van der Waals surface area contributed by atoms with Crippen LogP contribution in [-0.2, 0) is 14.3 Å². The number of likely N-dealkylation sites (tertiary alicyclic amines) is 1. The highest BCUT2D eigenvalue weighted by molar-refractivity contribution is 5.95. The van der Waals surface area contributed by atoms with E-state index < -0.39 is 0 Å². The molecular formula is C28H43NO3. The van der Waals surface area contributed by atoms with Gasteiger partial charge in [-0.2, -0.15) is 0 Å². The summed E-state index contributed by atoms with van der Waals surface area (Å²) in [6.45, 7) is 9.84. The first kappa shape index (κ1) is 22.6. The van der Waals surface area contributed by atoms with Crippen LogP contribution in [0.2, 0.25) is 0 Å². The Morgan fingerprint density at radius 3 is 2.59 bits per heavy atom. The number of nitrogens with zero attached hydrogens (tertiary/aromatic N) is 1. The van der Waals surface area contributed by atoms with Crippen molar-refractivity contribution in [2.24, 2.45) is 34.5 Å². The van der Waals surface area contributed by atoms with Crippen molar-refractivity contribution >= 4 is 11.8 Å². The Kier molecular flexibility index (Phi) is 6.05. The van der Waals surface area contributed by atoms with Gasteiger partial charge in [0.2, 0.25) is 0 Å². The van der Waals surface area contributed by atoms with E-state index >= 15 is 0 Å². The van der Waals surface area contributed by atoms with E-state index in [1.54, 1.807) is 6.92 Å². The molecule has 5 aliphatic rings. The molecule has 7 atom stereocenters. The molecule has 1 aliphatic heterocycles. The van der Waals surface area contributed by atoms with E-state index in [2.05, 4.69) is 24.8 Å². The van der Waals surface area contributed by atoms with E-state index in [4.69, 9.17) is 4.74 Å². The van der Waals surface area contributed by atoms with E-state index in [1.807, 2.05) is 0 Å². The fourth-order valence-corrected chi connectivity index (χ4v) is 8.94. The monoisotopic (exact) mass is 441 g/mol. The predicted octanol–water partition coefficient (Wildman–Crippen LogP) is 5.55. The number of ether oxygens (including phenoxy) is 1. The summed E-state index contributed by atoms with van der Waals surface area (Å²) in [7, 11) is 0. The Bertz CT molecular complexity index is 784. The van der Waals surface area contributed by atoms with Gasteiger partial charge in [0, 0.05) is 6.54 Å². The first-order chi connectivity index (χ1) is 15.3. The van der Waals surface area contributed by atoms with Gasteiger partial charge >= 0.3 is 5.97 Å². The molecule has 32 heavy (non-hydrogen) atoms. The molecule has 4 fully saturated rings. The Morgan fingerprint density at radius 2 is 1.84 bits per heavy atom. The minimum atomic E-state index is 0.0152. The number of fused-ring (bicyclic) bond motifs is 5. The van der Waals surface area contributed by atoms with Crippen LogP contribution >= 0.6 is 0 Å². The van der Waals surface area contributed by atoms with Crippen molar-refractivity contribution in [3.8, 4) is 0 Å². The zero-order valence-electron chi connectivity index (χ0n) is 20.5. The lowest BCUT2D eigenvalue weighted by molar-refractivity contribution is -0.161. The quantitative estimate of drug-likeness (QED) is 0.525. The van der Waals surface area contributed by atoms with Crippen molar-refractivity contribution in [3.05, 3.63) is 11.6 Å². The number of Topliss-reactive ketones (excluding diaryl/α,β-unsaturated/α-hetero) is 1. The van der Waals surface area contributed by atoms with Gasteiger partial charge in [-0.05, 0) is 124 Å². The number of hydrogen-bond acceptors (Lipinski definition) is 4. The highest BCUT2D eigenvalue weighted by Gasteiger charge is 2.59. The third kappa shape index (κ3) is 3.79. The molecule has 5 rings (SSSR count). The number of esters is 1. The fourth-order valence-electron chi connectivity index (χ4n) is 8.94. The lowest BCUT2D eigenvalue weighted by atomic mass is 9.44. The Hall–Kier alpha value is -1.16. The van der Waals surface area contributed by atoms with Crippen molar-refractivity contribution < 1.29 is 14.3 Å². The topological polar surface area (TPSA) is 46.6 Å². The van der Waals surface area contributed by atoms with Crippen LogP contribution in [0.15, 0.2) is 11.6 Å². The molecule has 0 radical (unpaired) electrons. The third-order valence-corrected chi connectivity index (χ3v) is 10.7. The second kappa shape index (κ2) is 8.56. The van der Waals surface area contributed by atoms with Gasteiger partial charge in [0.05, 0.1) is 6.42 Å². The summed E-state index contributed by atoms with van der Waals surface area (Å²) in [5.74, 6) is 3.16. The van der Waals surface area contributed by atoms with Gasteiger partial charge < -0.3 is 9.64 Å². The lowest BCUT2D eigenvalue weighted by Crippen LogP contribution is -2.54. The van der Waals surface area contributed by atoms with Crippen LogP contribution in [0.25, 0.3) is 0 Å². The minimum absolute atomic E-state index is 0.0152. The first-order valence-corrected chi connectivity index (χ1v) is 13.4. The molecule has 0 N–H and O–H groups in total. The smallest absolute Gasteiger partial charge is 0.307 e. The maximum Gasteiger partial charge on any atom is 0.307 e. The van der Waals surface area contributed by atoms with Crippen molar-refractivity contribution in [1.29, 1.82) is 0 Å². The number of allylic oxidation sites excluding steroid dienone is 2. The van der Waals surface area contributed by atoms with Crippen molar-refractivity contribution in [2.75, 3.05) is 19.6 Å². The molecule has 0 amide bonds. The molecule has 178 valence electrons. The van der Waals surface area contributed by atoms with Crippen LogP contribution in [0.5, 0.6) is 0 Å². The zero-order chi connectivity index (χ0) is 22.5. The highest BCUT2D eigenvalue weighted by Crippen LogP contribution is 2.66. The molecule has 0 bridgehead atoms. The molecular weight excluding hydrogens is 398 g/mol. The van der Waals surface area contributed by atoms with Crippen LogP contribution in [0.3, 0.4) is 0 Å². The van der Waals surface area contributed by atoms with Gasteiger partial charge in [0.1, 0.15) is 6.10 Å². The maximum absolute atomic E-state index is 12.5. The molecule has 4 nitrogen and oxygen atoms in total. The molecule has 1 saturated heterocycles. The van der Waals surface area contributed by atoms with Crippen LogP contribution < -0.4 is 0 Å². The maximum atomic E-state index is 12.5. The standard InChI is InChI=1S/C28H43NO3/c1-19(30)23-8-9-24-22-7-6-20-18-21(32-26(31)12-17-29-15-4-5-16-29)10-13-27(20,2)25(22)11-14-28(23,24)3/h8,20-22,24-25H,4-7,9-18H2,1-3H3/t20-,21-,22-,24-,25-,27-,28+/m0/s1. The summed E-state index contributed by atoms with van der Waals surface area (Å²) < 4.78 is 6.00. The number of ketones is 1. The average Bonchev–Trinajstić information content (AvgIpc) is 3.39. The molecule has 0 spiro atoms. The van der Waals surface area contributed by atoms with Gasteiger partial charge in [-0.1, -0.05) is 19.9 Å². The first-order valence-electron chi connectivity index (χ1n) is 13.4. The largest absolute Gasteiger partial charge is 0.462 e. The molecule has 0 aromatic heterocycles. The predicted molar refractivity (Wildman–Crippen MR) is 126 cm³/mol. The summed E-state index contributed by atoms with van der Waals surface area (Å²) >= 11 is 0. The summed E-state index contributed by atoms with van der Waals surface area (Å²) in [6.07, 6.45) is 14.9. The summed E-state index contributed by atoms with van der Waals surface area (Å²) in [5, 5.41) is 0. The summed E-state index contributed by atoms with van der Waals surface area (Å²) in [4.78, 5) is 27.2. The molecule has 4 aliphatic carbocycles. The van der Waals surface area contributed by atoms with Crippen LogP contribution in [0.4, 0.5) is 0 Å². The van der Waals surface area contributed by atoms with E-state index in [1.165, 1.54) is 44.9 Å². The number of rotatable bonds is 5. The Labute approximate surface area is 194 Å². The number of hydrogen-bond donors (Lipinski definition) is 0. The Morgan fingerprint density at radius 1 is 1.06 bits per heavy atom. The molecule has 0 unspecified atom stereocenters. The van der Waals surface area contributed by atoms with E-state index in [9.17, 15) is 9.59 Å². The number of carbonyl (C=O) groups is 2. The van der Waals surface area contributed by atoms with Crippen molar-refractivity contribution in [2.45, 2.75) is 97.5 Å². The van der Waals surface area contributed by atoms with Crippen molar-refractivity contribution in [1.82, 2.24) is 4.90 Å². The molecule has 0 aromatic rings. The Balaban J connectivity index is 1.20. The normalized spacial score (nSPS) is 43.7. The third-order valence-electron chi connectivity index (χ3n) is 10.7. The molecule has 3 saturated carbocycles. The second-order valence-electron chi connectivity index (χ2n) is 12.2. The van der Waals surface area contributed by atoms with Gasteiger partial charge in [-0.25, -0.2) is 0 Å². The van der Waals surface area contributed by atoms with E-state index in [0.717, 1.165) is 56.3 Å². The molecule has 0 aromatic carbocycles. The average molecular weight is 442 g/mol. The van der Waals surface area contributed by atoms with E-state index in [0.29, 0.717) is 29.5 Å².